The number of anilines is 1. The van der Waals surface area contributed by atoms with Crippen LogP contribution in [-0.2, 0) is 14.3 Å². The van der Waals surface area contributed by atoms with Gasteiger partial charge in [0.15, 0.2) is 11.5 Å². The van der Waals surface area contributed by atoms with Crippen LogP contribution in [0.2, 0.25) is 0 Å². The minimum Gasteiger partial charge on any atom is -0.466 e. The molecule has 7 nitrogen and oxygen atoms in total. The lowest BCUT2D eigenvalue weighted by atomic mass is 10.3. The van der Waals surface area contributed by atoms with Gasteiger partial charge < -0.3 is 15.2 Å². The van der Waals surface area contributed by atoms with E-state index in [1.165, 1.54) is 26.5 Å². The normalized spacial score (nSPS) is 10.2. The Hall–Kier alpha value is -2.44. The molecule has 1 rings (SSSR count). The van der Waals surface area contributed by atoms with E-state index in [4.69, 9.17) is 5.73 Å². The molecule has 1 aromatic heterocycles. The minimum absolute atomic E-state index is 0.0351. The van der Waals surface area contributed by atoms with Gasteiger partial charge in [-0.1, -0.05) is 0 Å². The zero-order valence-corrected chi connectivity index (χ0v) is 9.34. The predicted octanol–water partition coefficient (Wildman–Crippen LogP) is 0.0316. The Bertz CT molecular complexity index is 471. The highest BCUT2D eigenvalue weighted by molar-refractivity contribution is 5.92. The maximum absolute atomic E-state index is 11.3. The van der Waals surface area contributed by atoms with Gasteiger partial charge in [0.05, 0.1) is 26.1 Å². The molecule has 17 heavy (non-hydrogen) atoms. The number of rotatable bonds is 3. The Labute approximate surface area is 97.3 Å². The first-order valence-corrected chi connectivity index (χ1v) is 4.55. The highest BCUT2D eigenvalue weighted by Crippen LogP contribution is 2.08. The van der Waals surface area contributed by atoms with Crippen molar-refractivity contribution in [1.29, 1.82) is 0 Å². The van der Waals surface area contributed by atoms with Crippen LogP contribution < -0.4 is 5.73 Å². The molecule has 0 fully saturated rings. The number of hydrogen-bond acceptors (Lipinski definition) is 7. The zero-order valence-electron chi connectivity index (χ0n) is 9.34. The van der Waals surface area contributed by atoms with Crippen LogP contribution in [0.5, 0.6) is 0 Å². The summed E-state index contributed by atoms with van der Waals surface area (Å²) >= 11 is 0. The number of hydrogen-bond donors (Lipinski definition) is 1. The first-order chi connectivity index (χ1) is 8.08. The van der Waals surface area contributed by atoms with Crippen molar-refractivity contribution in [1.82, 2.24) is 9.97 Å². The Kier molecular flexibility index (Phi) is 4.15. The summed E-state index contributed by atoms with van der Waals surface area (Å²) in [5.74, 6) is -1.27. The van der Waals surface area contributed by atoms with Gasteiger partial charge in [-0.2, -0.15) is 0 Å². The largest absolute Gasteiger partial charge is 0.466 e. The van der Waals surface area contributed by atoms with Crippen molar-refractivity contribution in [3.63, 3.8) is 0 Å². The smallest absolute Gasteiger partial charge is 0.360 e. The van der Waals surface area contributed by atoms with Crippen LogP contribution in [0.4, 0.5) is 5.82 Å². The summed E-state index contributed by atoms with van der Waals surface area (Å²) in [6, 6.07) is 0. The molecule has 1 aromatic rings. The van der Waals surface area contributed by atoms with Gasteiger partial charge in [-0.15, -0.1) is 0 Å². The molecule has 2 N–H and O–H groups in total. The summed E-state index contributed by atoms with van der Waals surface area (Å²) in [6.07, 6.45) is 3.83. The maximum atomic E-state index is 11.3. The fourth-order valence-corrected chi connectivity index (χ4v) is 0.961. The molecule has 0 amide bonds. The highest BCUT2D eigenvalue weighted by Gasteiger charge is 2.13. The van der Waals surface area contributed by atoms with Crippen LogP contribution in [0.3, 0.4) is 0 Å². The number of carbonyl (C=O) groups is 2. The van der Waals surface area contributed by atoms with E-state index in [1.807, 2.05) is 0 Å². The maximum Gasteiger partial charge on any atom is 0.360 e. The van der Waals surface area contributed by atoms with Gasteiger partial charge in [0.2, 0.25) is 0 Å². The molecule has 0 saturated heterocycles. The van der Waals surface area contributed by atoms with E-state index in [1.54, 1.807) is 0 Å². The molecule has 0 unspecified atom stereocenters. The SMILES string of the molecule is COC(=O)C=Cc1cnc(N)c(C(=O)OC)n1. The number of aromatic nitrogens is 2. The lowest BCUT2D eigenvalue weighted by Gasteiger charge is -2.02. The van der Waals surface area contributed by atoms with Gasteiger partial charge in [0.25, 0.3) is 0 Å². The van der Waals surface area contributed by atoms with Crippen molar-refractivity contribution in [2.45, 2.75) is 0 Å². The van der Waals surface area contributed by atoms with Crippen molar-refractivity contribution < 1.29 is 19.1 Å². The number of nitrogens with two attached hydrogens (primary N) is 1. The van der Waals surface area contributed by atoms with E-state index in [9.17, 15) is 9.59 Å². The van der Waals surface area contributed by atoms with Crippen LogP contribution in [0.1, 0.15) is 16.2 Å². The summed E-state index contributed by atoms with van der Waals surface area (Å²) in [5, 5.41) is 0. The lowest BCUT2D eigenvalue weighted by molar-refractivity contribution is -0.134. The fourth-order valence-electron chi connectivity index (χ4n) is 0.961. The second-order valence-electron chi connectivity index (χ2n) is 2.88. The topological polar surface area (TPSA) is 104 Å². The summed E-state index contributed by atoms with van der Waals surface area (Å²) < 4.78 is 8.89. The van der Waals surface area contributed by atoms with E-state index >= 15 is 0 Å². The van der Waals surface area contributed by atoms with Gasteiger partial charge in [0.1, 0.15) is 0 Å². The Balaban J connectivity index is 3.00. The Morgan fingerprint density at radius 3 is 2.65 bits per heavy atom. The molecule has 0 aliphatic heterocycles. The Morgan fingerprint density at radius 1 is 1.35 bits per heavy atom. The highest BCUT2D eigenvalue weighted by atomic mass is 16.5. The molecule has 1 heterocycles. The van der Waals surface area contributed by atoms with Crippen LogP contribution in [-0.4, -0.2) is 36.1 Å². The fraction of sp³-hybridized carbons (Fsp3) is 0.200. The summed E-state index contributed by atoms with van der Waals surface area (Å²) in [7, 11) is 2.46. The summed E-state index contributed by atoms with van der Waals surface area (Å²) in [5.41, 5.74) is 5.66. The molecule has 0 aliphatic rings. The third-order valence-corrected chi connectivity index (χ3v) is 1.79. The first-order valence-electron chi connectivity index (χ1n) is 4.55. The third-order valence-electron chi connectivity index (χ3n) is 1.79. The second-order valence-corrected chi connectivity index (χ2v) is 2.88. The van der Waals surface area contributed by atoms with Crippen molar-refractivity contribution >= 4 is 23.8 Å². The molecule has 0 aliphatic carbocycles. The summed E-state index contributed by atoms with van der Waals surface area (Å²) in [4.78, 5) is 29.8. The molecule has 0 radical (unpaired) electrons. The van der Waals surface area contributed by atoms with Crippen molar-refractivity contribution in [2.75, 3.05) is 20.0 Å². The van der Waals surface area contributed by atoms with Crippen molar-refractivity contribution in [3.8, 4) is 0 Å². The molecule has 0 atom stereocenters. The van der Waals surface area contributed by atoms with E-state index in [0.717, 1.165) is 6.08 Å². The average Bonchev–Trinajstić information content (AvgIpc) is 2.36. The van der Waals surface area contributed by atoms with Gasteiger partial charge in [-0.25, -0.2) is 19.6 Å². The molecule has 0 bridgehead atoms. The van der Waals surface area contributed by atoms with E-state index in [0.29, 0.717) is 5.69 Å². The van der Waals surface area contributed by atoms with Crippen molar-refractivity contribution in [3.05, 3.63) is 23.7 Å². The number of carbonyl (C=O) groups excluding carboxylic acids is 2. The third kappa shape index (κ3) is 3.26. The van der Waals surface area contributed by atoms with Crippen LogP contribution in [0.25, 0.3) is 6.08 Å². The molecule has 90 valence electrons. The van der Waals surface area contributed by atoms with E-state index in [-0.39, 0.29) is 11.5 Å². The van der Waals surface area contributed by atoms with Crippen LogP contribution in [0, 0.1) is 0 Å². The van der Waals surface area contributed by atoms with Gasteiger partial charge >= 0.3 is 11.9 Å². The monoisotopic (exact) mass is 237 g/mol. The molecule has 0 saturated carbocycles. The van der Waals surface area contributed by atoms with Gasteiger partial charge in [-0.05, 0) is 6.08 Å². The van der Waals surface area contributed by atoms with E-state index in [2.05, 4.69) is 19.4 Å². The van der Waals surface area contributed by atoms with E-state index < -0.39 is 11.9 Å². The minimum atomic E-state index is -0.691. The first kappa shape index (κ1) is 12.6. The number of methoxy groups -OCH3 is 2. The Morgan fingerprint density at radius 2 is 2.06 bits per heavy atom. The van der Waals surface area contributed by atoms with Crippen LogP contribution >= 0.6 is 0 Å². The average molecular weight is 237 g/mol. The number of esters is 2. The standard InChI is InChI=1S/C10H11N3O4/c1-16-7(14)4-3-6-5-12-9(11)8(13-6)10(15)17-2/h3-5H,1-2H3,(H2,11,12). The zero-order chi connectivity index (χ0) is 12.8. The second kappa shape index (κ2) is 5.59. The molecule has 0 spiro atoms. The number of nitrogen functional groups attached to an aromatic ring is 1. The predicted molar refractivity (Wildman–Crippen MR) is 58.8 cm³/mol. The molecular weight excluding hydrogens is 226 g/mol. The molecular formula is C10H11N3O4. The molecule has 0 aromatic carbocycles. The quantitative estimate of drug-likeness (QED) is 0.584. The molecule has 7 heteroatoms. The summed E-state index contributed by atoms with van der Waals surface area (Å²) in [6.45, 7) is 0. The van der Waals surface area contributed by atoms with Crippen molar-refractivity contribution in [2.24, 2.45) is 0 Å². The number of nitrogens with zero attached hydrogens (tertiary/aromatic N) is 2. The van der Waals surface area contributed by atoms with Gasteiger partial charge in [0, 0.05) is 6.08 Å². The van der Waals surface area contributed by atoms with Crippen LogP contribution in [0.15, 0.2) is 12.3 Å². The number of ether oxygens (including phenoxy) is 2. The van der Waals surface area contributed by atoms with Gasteiger partial charge in [-0.3, -0.25) is 0 Å². The lowest BCUT2D eigenvalue weighted by Crippen LogP contribution is -2.10.